The molecule has 1 saturated heterocycles. The van der Waals surface area contributed by atoms with E-state index in [9.17, 15) is 4.79 Å². The molecular weight excluding hydrogens is 178 g/mol. The van der Waals surface area contributed by atoms with Crippen LogP contribution in [0.2, 0.25) is 0 Å². The molecule has 1 aliphatic heterocycles. The van der Waals surface area contributed by atoms with Gasteiger partial charge in [0.25, 0.3) is 0 Å². The smallest absolute Gasteiger partial charge is 0.234 e. The van der Waals surface area contributed by atoms with Crippen LogP contribution in [0.15, 0.2) is 0 Å². The van der Waals surface area contributed by atoms with E-state index < -0.39 is 11.9 Å². The number of hydrogen-bond donors (Lipinski definition) is 2. The van der Waals surface area contributed by atoms with Gasteiger partial charge in [-0.25, -0.2) is 0 Å². The molecule has 14 heavy (non-hydrogen) atoms. The molecule has 82 valence electrons. The number of carbonyl (C=O) groups excluding carboxylic acids is 1. The van der Waals surface area contributed by atoms with Crippen molar-refractivity contribution in [3.05, 3.63) is 0 Å². The van der Waals surface area contributed by atoms with Crippen molar-refractivity contribution in [2.75, 3.05) is 19.6 Å². The Hall–Kier alpha value is -0.610. The molecule has 1 fully saturated rings. The van der Waals surface area contributed by atoms with Crippen molar-refractivity contribution in [2.24, 2.45) is 17.4 Å². The maximum absolute atomic E-state index is 10.7. The molecule has 0 saturated carbocycles. The molecule has 1 aliphatic rings. The van der Waals surface area contributed by atoms with E-state index in [1.54, 1.807) is 0 Å². The summed E-state index contributed by atoms with van der Waals surface area (Å²) < 4.78 is 0. The molecule has 4 N–H and O–H groups in total. The van der Waals surface area contributed by atoms with E-state index in [-0.39, 0.29) is 0 Å². The van der Waals surface area contributed by atoms with Crippen molar-refractivity contribution < 1.29 is 4.79 Å². The summed E-state index contributed by atoms with van der Waals surface area (Å²) in [7, 11) is 0. The van der Waals surface area contributed by atoms with Crippen molar-refractivity contribution in [1.29, 1.82) is 0 Å². The molecule has 1 amide bonds. The Morgan fingerprint density at radius 1 is 1.50 bits per heavy atom. The Bertz CT molecular complexity index is 188. The molecule has 0 aromatic heterocycles. The van der Waals surface area contributed by atoms with E-state index in [0.717, 1.165) is 25.6 Å². The highest BCUT2D eigenvalue weighted by Crippen LogP contribution is 2.15. The van der Waals surface area contributed by atoms with Crippen LogP contribution in [-0.4, -0.2) is 36.5 Å². The van der Waals surface area contributed by atoms with Gasteiger partial charge in [-0.15, -0.1) is 0 Å². The second-order valence-corrected chi connectivity index (χ2v) is 4.32. The topological polar surface area (TPSA) is 72.3 Å². The lowest BCUT2D eigenvalue weighted by Gasteiger charge is -2.30. The molecule has 4 nitrogen and oxygen atoms in total. The Kier molecular flexibility index (Phi) is 4.35. The molecule has 0 aromatic carbocycles. The van der Waals surface area contributed by atoms with Gasteiger partial charge < -0.3 is 16.4 Å². The van der Waals surface area contributed by atoms with Gasteiger partial charge in [-0.3, -0.25) is 4.79 Å². The zero-order valence-corrected chi connectivity index (χ0v) is 8.91. The molecule has 1 heterocycles. The van der Waals surface area contributed by atoms with Crippen LogP contribution >= 0.6 is 0 Å². The van der Waals surface area contributed by atoms with Gasteiger partial charge in [0.05, 0.1) is 6.04 Å². The first-order valence-corrected chi connectivity index (χ1v) is 5.37. The van der Waals surface area contributed by atoms with E-state index in [0.29, 0.717) is 6.42 Å². The maximum atomic E-state index is 10.7. The lowest BCUT2D eigenvalue weighted by Crippen LogP contribution is -2.41. The van der Waals surface area contributed by atoms with E-state index in [1.165, 1.54) is 12.8 Å². The van der Waals surface area contributed by atoms with Gasteiger partial charge in [0.2, 0.25) is 5.91 Å². The molecule has 1 rings (SSSR count). The molecule has 0 bridgehead atoms. The molecule has 0 radical (unpaired) electrons. The summed E-state index contributed by atoms with van der Waals surface area (Å²) in [5.41, 5.74) is 10.7. The third-order valence-electron chi connectivity index (χ3n) is 3.00. The Morgan fingerprint density at radius 3 is 2.57 bits per heavy atom. The first-order chi connectivity index (χ1) is 6.59. The molecule has 4 heteroatoms. The quantitative estimate of drug-likeness (QED) is 0.665. The second kappa shape index (κ2) is 5.32. The van der Waals surface area contributed by atoms with Crippen LogP contribution in [0.5, 0.6) is 0 Å². The minimum Gasteiger partial charge on any atom is -0.368 e. The number of likely N-dealkylation sites (tertiary alicyclic amines) is 1. The molecule has 0 spiro atoms. The lowest BCUT2D eigenvalue weighted by atomic mass is 9.99. The number of amides is 1. The van der Waals surface area contributed by atoms with Gasteiger partial charge in [-0.1, -0.05) is 6.92 Å². The first kappa shape index (κ1) is 11.5. The fourth-order valence-electron chi connectivity index (χ4n) is 1.75. The predicted octanol–water partition coefficient (Wildman–Crippen LogP) is -0.0790. The summed E-state index contributed by atoms with van der Waals surface area (Å²) in [6.45, 7) is 5.45. The monoisotopic (exact) mass is 199 g/mol. The van der Waals surface area contributed by atoms with Crippen LogP contribution in [0, 0.1) is 5.92 Å². The summed E-state index contributed by atoms with van der Waals surface area (Å²) in [4.78, 5) is 13.1. The van der Waals surface area contributed by atoms with Gasteiger partial charge in [0.15, 0.2) is 0 Å². The van der Waals surface area contributed by atoms with Crippen molar-refractivity contribution in [1.82, 2.24) is 4.90 Å². The molecule has 0 aromatic rings. The van der Waals surface area contributed by atoms with Gasteiger partial charge in [-0.05, 0) is 38.3 Å². The number of nitrogens with two attached hydrogens (primary N) is 2. The standard InChI is InChI=1S/C10H21N3O/c1-8-2-5-13(6-3-8)7-4-9(11)10(12)14/h8-9H,2-7,11H2,1H3,(H2,12,14). The number of primary amides is 1. The molecule has 1 atom stereocenters. The van der Waals surface area contributed by atoms with Crippen LogP contribution in [-0.2, 0) is 4.79 Å². The van der Waals surface area contributed by atoms with E-state index in [1.807, 2.05) is 0 Å². The van der Waals surface area contributed by atoms with Crippen LogP contribution < -0.4 is 11.5 Å². The first-order valence-electron chi connectivity index (χ1n) is 5.37. The summed E-state index contributed by atoms with van der Waals surface area (Å²) in [5, 5.41) is 0. The third-order valence-corrected chi connectivity index (χ3v) is 3.00. The number of nitrogens with zero attached hydrogens (tertiary/aromatic N) is 1. The summed E-state index contributed by atoms with van der Waals surface area (Å²) in [6.07, 6.45) is 3.20. The van der Waals surface area contributed by atoms with Crippen molar-refractivity contribution >= 4 is 5.91 Å². The van der Waals surface area contributed by atoms with Crippen LogP contribution in [0.25, 0.3) is 0 Å². The van der Waals surface area contributed by atoms with Gasteiger partial charge in [-0.2, -0.15) is 0 Å². The van der Waals surface area contributed by atoms with Crippen LogP contribution in [0.3, 0.4) is 0 Å². The average Bonchev–Trinajstić information content (AvgIpc) is 2.16. The number of piperidine rings is 1. The summed E-state index contributed by atoms with van der Waals surface area (Å²) in [5.74, 6) is 0.450. The summed E-state index contributed by atoms with van der Waals surface area (Å²) >= 11 is 0. The minimum atomic E-state index is -0.477. The van der Waals surface area contributed by atoms with Crippen LogP contribution in [0.4, 0.5) is 0 Å². The highest BCUT2D eigenvalue weighted by atomic mass is 16.1. The largest absolute Gasteiger partial charge is 0.368 e. The maximum Gasteiger partial charge on any atom is 0.234 e. The Labute approximate surface area is 85.6 Å². The highest BCUT2D eigenvalue weighted by molar-refractivity contribution is 5.79. The lowest BCUT2D eigenvalue weighted by molar-refractivity contribution is -0.119. The molecule has 1 unspecified atom stereocenters. The van der Waals surface area contributed by atoms with Gasteiger partial charge in [0.1, 0.15) is 0 Å². The van der Waals surface area contributed by atoms with Crippen LogP contribution in [0.1, 0.15) is 26.2 Å². The van der Waals surface area contributed by atoms with Crippen molar-refractivity contribution in [2.45, 2.75) is 32.2 Å². The van der Waals surface area contributed by atoms with E-state index in [2.05, 4.69) is 11.8 Å². The highest BCUT2D eigenvalue weighted by Gasteiger charge is 2.17. The summed E-state index contributed by atoms with van der Waals surface area (Å²) in [6, 6.07) is -0.477. The van der Waals surface area contributed by atoms with E-state index >= 15 is 0 Å². The molecular formula is C10H21N3O. The third kappa shape index (κ3) is 3.64. The average molecular weight is 199 g/mol. The van der Waals surface area contributed by atoms with Gasteiger partial charge in [0, 0.05) is 6.54 Å². The SMILES string of the molecule is CC1CCN(CCC(N)C(N)=O)CC1. The number of carbonyl (C=O) groups is 1. The number of rotatable bonds is 4. The van der Waals surface area contributed by atoms with E-state index in [4.69, 9.17) is 11.5 Å². The van der Waals surface area contributed by atoms with Gasteiger partial charge >= 0.3 is 0 Å². The zero-order chi connectivity index (χ0) is 10.6. The van der Waals surface area contributed by atoms with Crippen molar-refractivity contribution in [3.8, 4) is 0 Å². The number of hydrogen-bond acceptors (Lipinski definition) is 3. The normalized spacial score (nSPS) is 22.1. The predicted molar refractivity (Wildman–Crippen MR) is 56.6 cm³/mol. The second-order valence-electron chi connectivity index (χ2n) is 4.32. The Balaban J connectivity index is 2.16. The zero-order valence-electron chi connectivity index (χ0n) is 8.91. The molecule has 0 aliphatic carbocycles. The van der Waals surface area contributed by atoms with Crippen molar-refractivity contribution in [3.63, 3.8) is 0 Å². The minimum absolute atomic E-state index is 0.393. The fourth-order valence-corrected chi connectivity index (χ4v) is 1.75. The Morgan fingerprint density at radius 2 is 2.07 bits per heavy atom. The fraction of sp³-hybridized carbons (Fsp3) is 0.900.